The Labute approximate surface area is 225 Å². The maximum Gasteiger partial charge on any atom is 0.0737 e. The van der Waals surface area contributed by atoms with Crippen molar-refractivity contribution in [2.45, 2.75) is 34.6 Å². The second-order valence-corrected chi connectivity index (χ2v) is 10.5. The molecule has 0 aliphatic carbocycles. The number of aryl methyl sites for hydroxylation is 5. The number of aromatic nitrogens is 1. The van der Waals surface area contributed by atoms with Gasteiger partial charge in [-0.15, -0.1) is 0 Å². The van der Waals surface area contributed by atoms with Gasteiger partial charge in [-0.05, 0) is 86.7 Å². The number of H-pyrrole nitrogens is 1. The van der Waals surface area contributed by atoms with Crippen molar-refractivity contribution in [3.63, 3.8) is 0 Å². The predicted octanol–water partition coefficient (Wildman–Crippen LogP) is 9.30. The lowest BCUT2D eigenvalue weighted by molar-refractivity contribution is 1.28. The summed E-state index contributed by atoms with van der Waals surface area (Å²) in [6.45, 7) is 11.0. The topological polar surface area (TPSA) is 28.1 Å². The average molecular weight is 493 g/mol. The number of fused-ring (bicyclic) bond motifs is 1. The summed E-state index contributed by atoms with van der Waals surface area (Å²) in [5.74, 6) is 0. The summed E-state index contributed by atoms with van der Waals surface area (Å²) in [4.78, 5) is 8.99. The summed E-state index contributed by atoms with van der Waals surface area (Å²) in [5, 5.41) is 2.48. The number of benzene rings is 4. The molecule has 0 saturated carbocycles. The van der Waals surface area contributed by atoms with Crippen LogP contribution < -0.4 is 0 Å². The summed E-state index contributed by atoms with van der Waals surface area (Å²) in [6, 6.07) is 30.2. The SMILES string of the molecule is Cc1cc(C)c(-c2[nH]c(/C=C3\N=C(c4ccccc4)C=C3c3ccccc3)c3cc(C)c(C)cc23)c(C)c1. The monoisotopic (exact) mass is 492 g/mol. The Kier molecular flexibility index (Phi) is 5.96. The Bertz CT molecular complexity index is 1760. The van der Waals surface area contributed by atoms with Crippen molar-refractivity contribution in [3.05, 3.63) is 141 Å². The zero-order valence-electron chi connectivity index (χ0n) is 22.7. The molecular weight excluding hydrogens is 460 g/mol. The molecule has 38 heavy (non-hydrogen) atoms. The maximum atomic E-state index is 5.15. The van der Waals surface area contributed by atoms with Crippen LogP contribution in [0.1, 0.15) is 44.6 Å². The molecule has 0 amide bonds. The molecule has 0 fully saturated rings. The van der Waals surface area contributed by atoms with E-state index < -0.39 is 0 Å². The van der Waals surface area contributed by atoms with Gasteiger partial charge in [0.1, 0.15) is 0 Å². The third-order valence-corrected chi connectivity index (χ3v) is 7.61. The van der Waals surface area contributed by atoms with Crippen LogP contribution in [0, 0.1) is 34.6 Å². The molecule has 2 nitrogen and oxygen atoms in total. The van der Waals surface area contributed by atoms with Gasteiger partial charge in [0.15, 0.2) is 0 Å². The molecule has 0 saturated heterocycles. The third kappa shape index (κ3) is 4.22. The van der Waals surface area contributed by atoms with Gasteiger partial charge in [-0.3, -0.25) is 0 Å². The van der Waals surface area contributed by atoms with E-state index >= 15 is 0 Å². The van der Waals surface area contributed by atoms with Crippen molar-refractivity contribution in [3.8, 4) is 11.3 Å². The molecule has 0 atom stereocenters. The Morgan fingerprint density at radius 2 is 1.21 bits per heavy atom. The van der Waals surface area contributed by atoms with Gasteiger partial charge in [0, 0.05) is 33.2 Å². The summed E-state index contributed by atoms with van der Waals surface area (Å²) < 4.78 is 0. The van der Waals surface area contributed by atoms with E-state index in [1.54, 1.807) is 0 Å². The minimum atomic E-state index is 0.973. The van der Waals surface area contributed by atoms with Gasteiger partial charge in [-0.25, -0.2) is 4.99 Å². The van der Waals surface area contributed by atoms with Crippen molar-refractivity contribution in [2.75, 3.05) is 0 Å². The van der Waals surface area contributed by atoms with Crippen LogP contribution in [-0.2, 0) is 0 Å². The molecule has 5 aromatic rings. The van der Waals surface area contributed by atoms with Crippen LogP contribution in [0.5, 0.6) is 0 Å². The second kappa shape index (κ2) is 9.46. The highest BCUT2D eigenvalue weighted by atomic mass is 14.8. The van der Waals surface area contributed by atoms with E-state index in [0.29, 0.717) is 0 Å². The van der Waals surface area contributed by atoms with Crippen LogP contribution in [0.2, 0.25) is 0 Å². The summed E-state index contributed by atoms with van der Waals surface area (Å²) in [6.07, 6.45) is 4.44. The van der Waals surface area contributed by atoms with Gasteiger partial charge in [-0.2, -0.15) is 0 Å². The van der Waals surface area contributed by atoms with Gasteiger partial charge < -0.3 is 4.98 Å². The average Bonchev–Trinajstić information content (AvgIpc) is 3.47. The second-order valence-electron chi connectivity index (χ2n) is 10.5. The number of rotatable bonds is 4. The van der Waals surface area contributed by atoms with Crippen molar-refractivity contribution < 1.29 is 0 Å². The first-order valence-electron chi connectivity index (χ1n) is 13.2. The van der Waals surface area contributed by atoms with Crippen LogP contribution in [-0.4, -0.2) is 10.7 Å². The lowest BCUT2D eigenvalue weighted by atomic mass is 9.94. The fourth-order valence-electron chi connectivity index (χ4n) is 5.69. The standard InChI is InChI=1S/C36H32N2/c1-22-16-25(4)35(26(5)17-22)36-31-19-24(3)23(2)18-30(31)34(38-36)21-33-29(27-12-8-6-9-13-27)20-32(37-33)28-14-10-7-11-15-28/h6-21,38H,1-5H3/b33-21-. The van der Waals surface area contributed by atoms with Crippen molar-refractivity contribution in [1.82, 2.24) is 4.98 Å². The first-order valence-corrected chi connectivity index (χ1v) is 13.2. The van der Waals surface area contributed by atoms with E-state index in [4.69, 9.17) is 4.99 Å². The molecule has 4 aromatic carbocycles. The van der Waals surface area contributed by atoms with Gasteiger partial charge in [-0.1, -0.05) is 78.4 Å². The Hall–Kier alpha value is -4.43. The highest BCUT2D eigenvalue weighted by Crippen LogP contribution is 2.39. The number of nitrogens with one attached hydrogen (secondary N) is 1. The minimum absolute atomic E-state index is 0.973. The number of aromatic amines is 1. The molecule has 0 bridgehead atoms. The van der Waals surface area contributed by atoms with E-state index in [1.807, 2.05) is 6.07 Å². The highest BCUT2D eigenvalue weighted by Gasteiger charge is 2.20. The number of allylic oxidation sites excluding steroid dienone is 2. The quantitative estimate of drug-likeness (QED) is 0.259. The molecule has 1 aromatic heterocycles. The number of hydrogen-bond donors (Lipinski definition) is 1. The van der Waals surface area contributed by atoms with E-state index in [9.17, 15) is 0 Å². The Morgan fingerprint density at radius 1 is 0.632 bits per heavy atom. The zero-order chi connectivity index (χ0) is 26.4. The Balaban J connectivity index is 1.59. The summed E-state index contributed by atoms with van der Waals surface area (Å²) >= 11 is 0. The lowest BCUT2D eigenvalue weighted by Gasteiger charge is -2.11. The van der Waals surface area contributed by atoms with Gasteiger partial charge in [0.2, 0.25) is 0 Å². The first-order chi connectivity index (χ1) is 18.4. The smallest absolute Gasteiger partial charge is 0.0737 e. The largest absolute Gasteiger partial charge is 0.354 e. The van der Waals surface area contributed by atoms with E-state index in [-0.39, 0.29) is 0 Å². The summed E-state index contributed by atoms with van der Waals surface area (Å²) in [5.41, 5.74) is 15.4. The molecular formula is C36H32N2. The molecule has 0 unspecified atom stereocenters. The molecule has 2 heteroatoms. The van der Waals surface area contributed by atoms with Crippen LogP contribution >= 0.6 is 0 Å². The maximum absolute atomic E-state index is 5.15. The van der Waals surface area contributed by atoms with E-state index in [2.05, 4.69) is 131 Å². The first kappa shape index (κ1) is 23.9. The molecule has 0 radical (unpaired) electrons. The van der Waals surface area contributed by atoms with Crippen LogP contribution in [0.4, 0.5) is 0 Å². The van der Waals surface area contributed by atoms with Crippen LogP contribution in [0.3, 0.4) is 0 Å². The fraction of sp³-hybridized carbons (Fsp3) is 0.139. The molecule has 186 valence electrons. The third-order valence-electron chi connectivity index (χ3n) is 7.61. The molecule has 0 spiro atoms. The number of hydrogen-bond acceptors (Lipinski definition) is 1. The number of nitrogens with zero attached hydrogens (tertiary/aromatic N) is 1. The molecule has 1 aliphatic heterocycles. The molecule has 6 rings (SSSR count). The van der Waals surface area contributed by atoms with Gasteiger partial charge in [0.25, 0.3) is 0 Å². The fourth-order valence-corrected chi connectivity index (χ4v) is 5.69. The van der Waals surface area contributed by atoms with Crippen molar-refractivity contribution in [2.24, 2.45) is 4.99 Å². The lowest BCUT2D eigenvalue weighted by Crippen LogP contribution is -1.92. The van der Waals surface area contributed by atoms with Crippen LogP contribution in [0.25, 0.3) is 33.7 Å². The predicted molar refractivity (Wildman–Crippen MR) is 163 cm³/mol. The van der Waals surface area contributed by atoms with E-state index in [1.165, 1.54) is 55.4 Å². The molecule has 1 aliphatic rings. The zero-order valence-corrected chi connectivity index (χ0v) is 22.7. The van der Waals surface area contributed by atoms with Crippen molar-refractivity contribution >= 4 is 28.1 Å². The molecule has 1 N–H and O–H groups in total. The highest BCUT2D eigenvalue weighted by molar-refractivity contribution is 6.19. The Morgan fingerprint density at radius 3 is 1.84 bits per heavy atom. The number of aliphatic imine (C=N–C) groups is 1. The minimum Gasteiger partial charge on any atom is -0.354 e. The molecule has 2 heterocycles. The summed E-state index contributed by atoms with van der Waals surface area (Å²) in [7, 11) is 0. The van der Waals surface area contributed by atoms with E-state index in [0.717, 1.165) is 28.2 Å². The normalized spacial score (nSPS) is 14.3. The van der Waals surface area contributed by atoms with Gasteiger partial charge >= 0.3 is 0 Å². The van der Waals surface area contributed by atoms with Gasteiger partial charge in [0.05, 0.1) is 17.1 Å². The van der Waals surface area contributed by atoms with Crippen LogP contribution in [0.15, 0.2) is 102 Å². The van der Waals surface area contributed by atoms with Crippen molar-refractivity contribution in [1.29, 1.82) is 0 Å².